The van der Waals surface area contributed by atoms with E-state index in [1.165, 1.54) is 0 Å². The van der Waals surface area contributed by atoms with Gasteiger partial charge in [0.25, 0.3) is 5.91 Å². The van der Waals surface area contributed by atoms with Crippen LogP contribution >= 0.6 is 11.3 Å². The Hall–Kier alpha value is -1.66. The summed E-state index contributed by atoms with van der Waals surface area (Å²) in [6.07, 6.45) is 1.86. The number of fused-ring (bicyclic) bond motifs is 1. The largest absolute Gasteiger partial charge is 0.346 e. The van der Waals surface area contributed by atoms with E-state index in [1.807, 2.05) is 23.7 Å². The van der Waals surface area contributed by atoms with E-state index in [-0.39, 0.29) is 11.9 Å². The van der Waals surface area contributed by atoms with Crippen LogP contribution in [0.2, 0.25) is 0 Å². The Bertz CT molecular complexity index is 605. The van der Waals surface area contributed by atoms with Gasteiger partial charge in [0.2, 0.25) is 0 Å². The molecule has 1 atom stereocenters. The van der Waals surface area contributed by atoms with Crippen molar-refractivity contribution in [1.29, 1.82) is 0 Å². The van der Waals surface area contributed by atoms with Gasteiger partial charge in [0.15, 0.2) is 0 Å². The molecule has 0 spiro atoms. The Balaban J connectivity index is 1.71. The van der Waals surface area contributed by atoms with Gasteiger partial charge in [-0.2, -0.15) is 0 Å². The summed E-state index contributed by atoms with van der Waals surface area (Å²) in [4.78, 5) is 20.0. The Kier molecular flexibility index (Phi) is 3.58. The minimum absolute atomic E-state index is 0.102. The average molecular weight is 290 g/mol. The highest BCUT2D eigenvalue weighted by molar-refractivity contribution is 7.09. The van der Waals surface area contributed by atoms with Crippen LogP contribution in [0.5, 0.6) is 0 Å². The van der Waals surface area contributed by atoms with Crippen LogP contribution in [0, 0.1) is 0 Å². The normalized spacial score (nSPS) is 18.8. The molecule has 0 saturated carbocycles. The predicted molar refractivity (Wildman–Crippen MR) is 78.8 cm³/mol. The fourth-order valence-electron chi connectivity index (χ4n) is 2.38. The number of imidazole rings is 1. The molecule has 0 fully saturated rings. The lowest BCUT2D eigenvalue weighted by Crippen LogP contribution is -2.33. The van der Waals surface area contributed by atoms with Crippen molar-refractivity contribution in [2.24, 2.45) is 0 Å². The number of likely N-dealkylation sites (N-methyl/N-ethyl adjacent to an activating group) is 1. The summed E-state index contributed by atoms with van der Waals surface area (Å²) >= 11 is 1.64. The second kappa shape index (κ2) is 5.38. The highest BCUT2D eigenvalue weighted by Crippen LogP contribution is 2.22. The number of carbonyl (C=O) groups is 1. The molecule has 2 aromatic rings. The lowest BCUT2D eigenvalue weighted by atomic mass is 10.2. The zero-order valence-corrected chi connectivity index (χ0v) is 12.5. The fraction of sp³-hybridized carbons (Fsp3) is 0.429. The van der Waals surface area contributed by atoms with Crippen LogP contribution in [0.4, 0.5) is 0 Å². The standard InChI is InChI=1S/C14H18N4OS/c1-10-13-16-12(9-18(13)6-5-17(10)2)14(19)15-8-11-4-3-7-20-11/h3-4,7,9-10H,5-6,8H2,1-2H3,(H,15,19)/t10-/m1/s1. The summed E-state index contributed by atoms with van der Waals surface area (Å²) < 4.78 is 2.09. The first kappa shape index (κ1) is 13.3. The number of nitrogens with zero attached hydrogens (tertiary/aromatic N) is 3. The molecule has 2 aromatic heterocycles. The van der Waals surface area contributed by atoms with Crippen LogP contribution in [0.3, 0.4) is 0 Å². The van der Waals surface area contributed by atoms with E-state index in [0.717, 1.165) is 23.8 Å². The molecule has 1 aliphatic heterocycles. The summed E-state index contributed by atoms with van der Waals surface area (Å²) in [6.45, 7) is 4.56. The van der Waals surface area contributed by atoms with Crippen molar-refractivity contribution in [3.05, 3.63) is 40.1 Å². The summed E-state index contributed by atoms with van der Waals surface area (Å²) in [6, 6.07) is 4.25. The molecular weight excluding hydrogens is 272 g/mol. The molecule has 1 amide bonds. The molecule has 5 nitrogen and oxygen atoms in total. The summed E-state index contributed by atoms with van der Waals surface area (Å²) in [5, 5.41) is 4.93. The Labute approximate surface area is 122 Å². The van der Waals surface area contributed by atoms with Gasteiger partial charge in [-0.25, -0.2) is 4.98 Å². The SMILES string of the molecule is C[C@@H]1c2nc(C(=O)NCc3cccs3)cn2CCN1C. The van der Waals surface area contributed by atoms with Crippen molar-refractivity contribution < 1.29 is 4.79 Å². The highest BCUT2D eigenvalue weighted by atomic mass is 32.1. The zero-order chi connectivity index (χ0) is 14.1. The van der Waals surface area contributed by atoms with Gasteiger partial charge in [-0.3, -0.25) is 9.69 Å². The first-order valence-corrected chi connectivity index (χ1v) is 7.61. The van der Waals surface area contributed by atoms with Crippen molar-refractivity contribution in [1.82, 2.24) is 19.8 Å². The molecule has 0 bridgehead atoms. The zero-order valence-electron chi connectivity index (χ0n) is 11.7. The van der Waals surface area contributed by atoms with E-state index in [1.54, 1.807) is 11.3 Å². The molecule has 1 N–H and O–H groups in total. The number of nitrogens with one attached hydrogen (secondary N) is 1. The number of hydrogen-bond donors (Lipinski definition) is 1. The third-order valence-corrected chi connectivity index (χ3v) is 4.65. The first-order chi connectivity index (χ1) is 9.65. The van der Waals surface area contributed by atoms with Crippen LogP contribution < -0.4 is 5.32 Å². The van der Waals surface area contributed by atoms with Crippen molar-refractivity contribution in [3.63, 3.8) is 0 Å². The van der Waals surface area contributed by atoms with Crippen molar-refractivity contribution in [2.45, 2.75) is 26.1 Å². The summed E-state index contributed by atoms with van der Waals surface area (Å²) in [5.41, 5.74) is 0.513. The van der Waals surface area contributed by atoms with Gasteiger partial charge in [0.1, 0.15) is 11.5 Å². The lowest BCUT2D eigenvalue weighted by molar-refractivity contribution is 0.0946. The monoisotopic (exact) mass is 290 g/mol. The van der Waals surface area contributed by atoms with Crippen LogP contribution in [0.15, 0.2) is 23.7 Å². The van der Waals surface area contributed by atoms with Crippen LogP contribution in [0.1, 0.15) is 34.2 Å². The number of carbonyl (C=O) groups excluding carboxylic acids is 1. The Morgan fingerprint density at radius 2 is 2.40 bits per heavy atom. The van der Waals surface area contributed by atoms with Crippen molar-refractivity contribution in [3.8, 4) is 0 Å². The molecule has 0 radical (unpaired) electrons. The quantitative estimate of drug-likeness (QED) is 0.939. The van der Waals surface area contributed by atoms with Gasteiger partial charge in [0.05, 0.1) is 12.6 Å². The minimum atomic E-state index is -0.102. The van der Waals surface area contributed by atoms with Crippen molar-refractivity contribution in [2.75, 3.05) is 13.6 Å². The third kappa shape index (κ3) is 2.48. The van der Waals surface area contributed by atoms with E-state index in [4.69, 9.17) is 0 Å². The van der Waals surface area contributed by atoms with Gasteiger partial charge >= 0.3 is 0 Å². The molecule has 0 aliphatic carbocycles. The summed E-state index contributed by atoms with van der Waals surface area (Å²) in [5.74, 6) is 0.871. The smallest absolute Gasteiger partial charge is 0.271 e. The number of rotatable bonds is 3. The maximum Gasteiger partial charge on any atom is 0.271 e. The van der Waals surface area contributed by atoms with E-state index < -0.39 is 0 Å². The molecule has 0 unspecified atom stereocenters. The van der Waals surface area contributed by atoms with Crippen LogP contribution in [-0.2, 0) is 13.1 Å². The molecule has 106 valence electrons. The lowest BCUT2D eigenvalue weighted by Gasteiger charge is -2.29. The number of thiophene rings is 1. The van der Waals surface area contributed by atoms with Gasteiger partial charge in [-0.1, -0.05) is 6.07 Å². The van der Waals surface area contributed by atoms with E-state index in [2.05, 4.69) is 33.7 Å². The molecule has 6 heteroatoms. The van der Waals surface area contributed by atoms with Crippen LogP contribution in [0.25, 0.3) is 0 Å². The van der Waals surface area contributed by atoms with Gasteiger partial charge < -0.3 is 9.88 Å². The number of hydrogen-bond acceptors (Lipinski definition) is 4. The van der Waals surface area contributed by atoms with E-state index in [0.29, 0.717) is 12.2 Å². The van der Waals surface area contributed by atoms with Gasteiger partial charge in [-0.15, -0.1) is 11.3 Å². The maximum atomic E-state index is 12.1. The van der Waals surface area contributed by atoms with E-state index >= 15 is 0 Å². The third-order valence-electron chi connectivity index (χ3n) is 3.77. The van der Waals surface area contributed by atoms with Crippen LogP contribution in [-0.4, -0.2) is 34.0 Å². The maximum absolute atomic E-state index is 12.1. The molecule has 0 saturated heterocycles. The fourth-order valence-corrected chi connectivity index (χ4v) is 3.02. The predicted octanol–water partition coefficient (Wildman–Crippen LogP) is 1.88. The number of aromatic nitrogens is 2. The minimum Gasteiger partial charge on any atom is -0.346 e. The Morgan fingerprint density at radius 3 is 3.15 bits per heavy atom. The topological polar surface area (TPSA) is 50.2 Å². The first-order valence-electron chi connectivity index (χ1n) is 6.73. The molecular formula is C14H18N4OS. The molecule has 1 aliphatic rings. The van der Waals surface area contributed by atoms with Gasteiger partial charge in [-0.05, 0) is 25.4 Å². The van der Waals surface area contributed by atoms with Crippen molar-refractivity contribution >= 4 is 17.2 Å². The Morgan fingerprint density at radius 1 is 1.55 bits per heavy atom. The molecule has 3 rings (SSSR count). The molecule has 20 heavy (non-hydrogen) atoms. The van der Waals surface area contributed by atoms with E-state index in [9.17, 15) is 4.79 Å². The average Bonchev–Trinajstić information content (AvgIpc) is 3.09. The summed E-state index contributed by atoms with van der Waals surface area (Å²) in [7, 11) is 2.08. The molecule has 3 heterocycles. The number of amides is 1. The van der Waals surface area contributed by atoms with Gasteiger partial charge in [0, 0.05) is 24.2 Å². The second-order valence-corrected chi connectivity index (χ2v) is 6.13. The second-order valence-electron chi connectivity index (χ2n) is 5.10. The molecule has 0 aromatic carbocycles. The highest BCUT2D eigenvalue weighted by Gasteiger charge is 2.24.